The lowest BCUT2D eigenvalue weighted by Gasteiger charge is -2.10. The van der Waals surface area contributed by atoms with Crippen LogP contribution in [0.3, 0.4) is 0 Å². The number of para-hydroxylation sites is 1. The molecule has 0 atom stereocenters. The van der Waals surface area contributed by atoms with Crippen LogP contribution in [0.1, 0.15) is 5.56 Å². The third-order valence-corrected chi connectivity index (χ3v) is 3.68. The van der Waals surface area contributed by atoms with Crippen molar-refractivity contribution in [2.75, 3.05) is 12.4 Å². The number of aromatic amines is 1. The van der Waals surface area contributed by atoms with Crippen LogP contribution in [0, 0.1) is 0 Å². The average molecular weight is 306 g/mol. The highest BCUT2D eigenvalue weighted by molar-refractivity contribution is 5.86. The van der Waals surface area contributed by atoms with Gasteiger partial charge >= 0.3 is 0 Å². The van der Waals surface area contributed by atoms with Crippen LogP contribution >= 0.6 is 0 Å². The number of anilines is 1. The Morgan fingerprint density at radius 2 is 2.09 bits per heavy atom. The van der Waals surface area contributed by atoms with Crippen molar-refractivity contribution in [3.63, 3.8) is 0 Å². The zero-order valence-electron chi connectivity index (χ0n) is 12.4. The zero-order valence-corrected chi connectivity index (χ0v) is 12.4. The molecule has 4 aromatic rings. The Morgan fingerprint density at radius 1 is 1.17 bits per heavy atom. The highest BCUT2D eigenvalue weighted by Crippen LogP contribution is 2.23. The number of methoxy groups -OCH3 is 1. The van der Waals surface area contributed by atoms with Crippen molar-refractivity contribution < 1.29 is 4.74 Å². The van der Waals surface area contributed by atoms with Gasteiger partial charge in [-0.2, -0.15) is 5.10 Å². The summed E-state index contributed by atoms with van der Waals surface area (Å²) < 4.78 is 5.29. The second kappa shape index (κ2) is 5.53. The van der Waals surface area contributed by atoms with E-state index in [1.54, 1.807) is 13.3 Å². The van der Waals surface area contributed by atoms with Crippen LogP contribution in [-0.4, -0.2) is 32.3 Å². The van der Waals surface area contributed by atoms with Crippen molar-refractivity contribution in [2.24, 2.45) is 0 Å². The summed E-state index contributed by atoms with van der Waals surface area (Å²) in [6, 6.07) is 9.92. The van der Waals surface area contributed by atoms with Gasteiger partial charge in [0.15, 0.2) is 5.65 Å². The molecule has 0 spiro atoms. The molecule has 0 unspecified atom stereocenters. The molecule has 0 fully saturated rings. The van der Waals surface area contributed by atoms with Crippen molar-refractivity contribution in [3.8, 4) is 5.88 Å². The van der Waals surface area contributed by atoms with Gasteiger partial charge in [0.2, 0.25) is 5.88 Å². The van der Waals surface area contributed by atoms with Crippen LogP contribution in [0.5, 0.6) is 5.88 Å². The van der Waals surface area contributed by atoms with Gasteiger partial charge in [-0.05, 0) is 11.6 Å². The molecular formula is C16H14N6O. The lowest BCUT2D eigenvalue weighted by atomic mass is 10.1. The van der Waals surface area contributed by atoms with E-state index in [0.29, 0.717) is 18.1 Å². The van der Waals surface area contributed by atoms with Crippen LogP contribution in [0.4, 0.5) is 5.82 Å². The van der Waals surface area contributed by atoms with Gasteiger partial charge in [-0.3, -0.25) is 5.10 Å². The second-order valence-corrected chi connectivity index (χ2v) is 5.05. The minimum absolute atomic E-state index is 0.594. The van der Waals surface area contributed by atoms with Crippen molar-refractivity contribution in [1.82, 2.24) is 25.1 Å². The van der Waals surface area contributed by atoms with Gasteiger partial charge in [0.1, 0.15) is 12.1 Å². The molecule has 0 saturated carbocycles. The van der Waals surface area contributed by atoms with E-state index < -0.39 is 0 Å². The molecule has 0 aliphatic heterocycles. The van der Waals surface area contributed by atoms with Gasteiger partial charge < -0.3 is 10.1 Å². The van der Waals surface area contributed by atoms with Gasteiger partial charge in [0, 0.05) is 18.0 Å². The maximum atomic E-state index is 5.29. The fourth-order valence-corrected chi connectivity index (χ4v) is 2.56. The number of hydrogen-bond acceptors (Lipinski definition) is 6. The number of hydrogen-bond donors (Lipinski definition) is 2. The van der Waals surface area contributed by atoms with Crippen molar-refractivity contribution >= 4 is 27.8 Å². The molecule has 0 bridgehead atoms. The van der Waals surface area contributed by atoms with E-state index in [1.807, 2.05) is 30.3 Å². The molecule has 3 aromatic heterocycles. The van der Waals surface area contributed by atoms with Gasteiger partial charge in [0.25, 0.3) is 0 Å². The van der Waals surface area contributed by atoms with E-state index in [1.165, 1.54) is 6.33 Å². The predicted molar refractivity (Wildman–Crippen MR) is 87.3 cm³/mol. The Bertz CT molecular complexity index is 981. The SMILES string of the molecule is COc1cc(CNc2ncnc3[nH]ncc23)c2ccccc2n1. The largest absolute Gasteiger partial charge is 0.481 e. The normalized spacial score (nSPS) is 11.0. The van der Waals surface area contributed by atoms with Gasteiger partial charge in [-0.1, -0.05) is 18.2 Å². The number of fused-ring (bicyclic) bond motifs is 2. The summed E-state index contributed by atoms with van der Waals surface area (Å²) in [5.74, 6) is 1.33. The molecule has 7 heteroatoms. The maximum Gasteiger partial charge on any atom is 0.213 e. The number of nitrogens with zero attached hydrogens (tertiary/aromatic N) is 4. The number of aromatic nitrogens is 5. The molecule has 2 N–H and O–H groups in total. The number of benzene rings is 1. The minimum atomic E-state index is 0.594. The summed E-state index contributed by atoms with van der Waals surface area (Å²) in [5, 5.41) is 12.1. The molecule has 0 aliphatic rings. The Morgan fingerprint density at radius 3 is 3.00 bits per heavy atom. The van der Waals surface area contributed by atoms with Crippen molar-refractivity contribution in [3.05, 3.63) is 48.4 Å². The molecular weight excluding hydrogens is 292 g/mol. The number of rotatable bonds is 4. The van der Waals surface area contributed by atoms with E-state index >= 15 is 0 Å². The van der Waals surface area contributed by atoms with E-state index in [-0.39, 0.29) is 0 Å². The molecule has 0 amide bonds. The first-order valence-electron chi connectivity index (χ1n) is 7.16. The van der Waals surface area contributed by atoms with E-state index in [2.05, 4.69) is 30.5 Å². The number of ether oxygens (including phenoxy) is 1. The first-order valence-corrected chi connectivity index (χ1v) is 7.16. The van der Waals surface area contributed by atoms with Crippen LogP contribution < -0.4 is 10.1 Å². The second-order valence-electron chi connectivity index (χ2n) is 5.05. The number of pyridine rings is 1. The highest BCUT2D eigenvalue weighted by Gasteiger charge is 2.08. The molecule has 0 saturated heterocycles. The minimum Gasteiger partial charge on any atom is -0.481 e. The lowest BCUT2D eigenvalue weighted by Crippen LogP contribution is -2.04. The quantitative estimate of drug-likeness (QED) is 0.602. The van der Waals surface area contributed by atoms with Crippen molar-refractivity contribution in [2.45, 2.75) is 6.54 Å². The first-order chi connectivity index (χ1) is 11.3. The van der Waals surface area contributed by atoms with E-state index in [9.17, 15) is 0 Å². The Balaban J connectivity index is 1.71. The average Bonchev–Trinajstić information content (AvgIpc) is 3.08. The molecule has 3 heterocycles. The summed E-state index contributed by atoms with van der Waals surface area (Å²) in [6.45, 7) is 0.594. The molecule has 0 radical (unpaired) electrons. The van der Waals surface area contributed by atoms with Crippen LogP contribution in [-0.2, 0) is 6.54 Å². The molecule has 23 heavy (non-hydrogen) atoms. The van der Waals surface area contributed by atoms with Crippen LogP contribution in [0.2, 0.25) is 0 Å². The van der Waals surface area contributed by atoms with Gasteiger partial charge in [0.05, 0.1) is 24.2 Å². The Kier molecular flexibility index (Phi) is 3.23. The predicted octanol–water partition coefficient (Wildman–Crippen LogP) is 2.52. The number of H-pyrrole nitrogens is 1. The molecule has 1 aromatic carbocycles. The van der Waals surface area contributed by atoms with Gasteiger partial charge in [-0.15, -0.1) is 0 Å². The molecule has 7 nitrogen and oxygen atoms in total. The van der Waals surface area contributed by atoms with E-state index in [4.69, 9.17) is 4.74 Å². The fraction of sp³-hybridized carbons (Fsp3) is 0.125. The summed E-state index contributed by atoms with van der Waals surface area (Å²) in [4.78, 5) is 12.9. The first kappa shape index (κ1) is 13.4. The topological polar surface area (TPSA) is 88.6 Å². The third kappa shape index (κ3) is 2.42. The van der Waals surface area contributed by atoms with Crippen LogP contribution in [0.25, 0.3) is 21.9 Å². The summed E-state index contributed by atoms with van der Waals surface area (Å²) >= 11 is 0. The monoisotopic (exact) mass is 306 g/mol. The van der Waals surface area contributed by atoms with E-state index in [0.717, 1.165) is 27.7 Å². The molecule has 4 rings (SSSR count). The lowest BCUT2D eigenvalue weighted by molar-refractivity contribution is 0.399. The Hall–Kier alpha value is -3.22. The molecule has 0 aliphatic carbocycles. The van der Waals surface area contributed by atoms with Crippen LogP contribution in [0.15, 0.2) is 42.9 Å². The zero-order chi connectivity index (χ0) is 15.6. The highest BCUT2D eigenvalue weighted by atomic mass is 16.5. The summed E-state index contributed by atoms with van der Waals surface area (Å²) in [6.07, 6.45) is 3.22. The number of nitrogens with one attached hydrogen (secondary N) is 2. The molecule has 114 valence electrons. The standard InChI is InChI=1S/C16H14N6O/c1-23-14-6-10(11-4-2-3-5-13(11)21-14)7-17-15-12-8-20-22-16(12)19-9-18-15/h2-6,8-9H,7H2,1H3,(H2,17,18,19,20,22). The third-order valence-electron chi connectivity index (χ3n) is 3.68. The maximum absolute atomic E-state index is 5.29. The summed E-state index contributed by atoms with van der Waals surface area (Å²) in [5.41, 5.74) is 2.70. The summed E-state index contributed by atoms with van der Waals surface area (Å²) in [7, 11) is 1.62. The van der Waals surface area contributed by atoms with Crippen molar-refractivity contribution in [1.29, 1.82) is 0 Å². The Labute approximate surface area is 131 Å². The smallest absolute Gasteiger partial charge is 0.213 e. The fourth-order valence-electron chi connectivity index (χ4n) is 2.56. The van der Waals surface area contributed by atoms with Gasteiger partial charge in [-0.25, -0.2) is 15.0 Å².